The number of imidazole rings is 1. The van der Waals surface area contributed by atoms with E-state index in [1.165, 1.54) is 0 Å². The lowest BCUT2D eigenvalue weighted by Crippen LogP contribution is -2.34. The van der Waals surface area contributed by atoms with Gasteiger partial charge in [-0.25, -0.2) is 14.6 Å². The fraction of sp³-hybridized carbons (Fsp3) is 0.261. The van der Waals surface area contributed by atoms with Crippen molar-refractivity contribution in [3.8, 4) is 11.4 Å². The number of amides is 1. The zero-order chi connectivity index (χ0) is 22.3. The van der Waals surface area contributed by atoms with Gasteiger partial charge < -0.3 is 15.0 Å². The molecule has 0 saturated carbocycles. The van der Waals surface area contributed by atoms with Gasteiger partial charge in [0.15, 0.2) is 5.82 Å². The summed E-state index contributed by atoms with van der Waals surface area (Å²) in [6.45, 7) is 1.75. The molecule has 5 rings (SSSR count). The van der Waals surface area contributed by atoms with Crippen molar-refractivity contribution in [3.05, 3.63) is 66.2 Å². The van der Waals surface area contributed by atoms with Crippen LogP contribution in [0.1, 0.15) is 18.1 Å². The van der Waals surface area contributed by atoms with Crippen molar-refractivity contribution in [2.24, 2.45) is 0 Å². The Balaban J connectivity index is 0.000000775. The van der Waals surface area contributed by atoms with E-state index in [-0.39, 0.29) is 12.4 Å². The Hall–Kier alpha value is -4.01. The minimum Gasteiger partial charge on any atom is -0.483 e. The maximum atomic E-state index is 12.7. The van der Waals surface area contributed by atoms with Gasteiger partial charge in [-0.3, -0.25) is 9.59 Å². The predicted octanol–water partition coefficient (Wildman–Crippen LogP) is 2.54. The van der Waals surface area contributed by atoms with Crippen LogP contribution in [0.2, 0.25) is 0 Å². The van der Waals surface area contributed by atoms with E-state index in [9.17, 15) is 4.79 Å². The van der Waals surface area contributed by atoms with Crippen molar-refractivity contribution < 1.29 is 14.7 Å². The van der Waals surface area contributed by atoms with Crippen molar-refractivity contribution in [3.63, 3.8) is 0 Å². The Morgan fingerprint density at radius 1 is 1.03 bits per heavy atom. The number of aromatic nitrogens is 5. The molecule has 4 aromatic rings. The molecule has 2 aromatic heterocycles. The number of benzene rings is 2. The summed E-state index contributed by atoms with van der Waals surface area (Å²) in [5, 5.41) is 11.5. The van der Waals surface area contributed by atoms with Gasteiger partial charge >= 0.3 is 0 Å². The third-order valence-electron chi connectivity index (χ3n) is 5.33. The number of carboxylic acid groups (broad SMARTS) is 1. The van der Waals surface area contributed by atoms with Crippen LogP contribution in [0.5, 0.6) is 0 Å². The van der Waals surface area contributed by atoms with Crippen LogP contribution >= 0.6 is 0 Å². The number of aromatic amines is 1. The van der Waals surface area contributed by atoms with Gasteiger partial charge in [0.05, 0.1) is 17.6 Å². The Kier molecular flexibility index (Phi) is 6.54. The number of nitrogens with one attached hydrogen (secondary N) is 1. The van der Waals surface area contributed by atoms with Crippen molar-refractivity contribution in [2.75, 3.05) is 13.1 Å². The first-order valence-corrected chi connectivity index (χ1v) is 10.5. The molecule has 0 fully saturated rings. The lowest BCUT2D eigenvalue weighted by Gasteiger charge is -2.19. The van der Waals surface area contributed by atoms with Gasteiger partial charge in [-0.2, -0.15) is 5.10 Å². The average Bonchev–Trinajstić information content (AvgIpc) is 3.37. The largest absolute Gasteiger partial charge is 0.483 e. The van der Waals surface area contributed by atoms with Gasteiger partial charge in [-0.1, -0.05) is 42.5 Å². The van der Waals surface area contributed by atoms with Gasteiger partial charge in [-0.15, -0.1) is 0 Å². The molecule has 0 bridgehead atoms. The van der Waals surface area contributed by atoms with Crippen LogP contribution in [0.15, 0.2) is 54.6 Å². The molecular weight excluding hydrogens is 408 g/mol. The number of nitrogens with zero attached hydrogens (tertiary/aromatic N) is 5. The number of para-hydroxylation sites is 2. The van der Waals surface area contributed by atoms with E-state index in [0.717, 1.165) is 40.5 Å². The average molecular weight is 432 g/mol. The third-order valence-corrected chi connectivity index (χ3v) is 5.33. The molecule has 0 radical (unpaired) electrons. The summed E-state index contributed by atoms with van der Waals surface area (Å²) in [7, 11) is 0. The number of hydrogen-bond donors (Lipinski definition) is 2. The monoisotopic (exact) mass is 432 g/mol. The predicted molar refractivity (Wildman–Crippen MR) is 119 cm³/mol. The second-order valence-corrected chi connectivity index (χ2v) is 7.38. The highest BCUT2D eigenvalue weighted by Gasteiger charge is 2.21. The molecule has 1 aliphatic heterocycles. The second-order valence-electron chi connectivity index (χ2n) is 7.38. The van der Waals surface area contributed by atoms with E-state index < -0.39 is 0 Å². The summed E-state index contributed by atoms with van der Waals surface area (Å²) in [6.07, 6.45) is 1.78. The highest BCUT2D eigenvalue weighted by molar-refractivity contribution is 5.77. The van der Waals surface area contributed by atoms with Gasteiger partial charge in [0.2, 0.25) is 5.91 Å². The van der Waals surface area contributed by atoms with Gasteiger partial charge in [-0.05, 0) is 12.1 Å². The Labute approximate surface area is 184 Å². The summed E-state index contributed by atoms with van der Waals surface area (Å²) in [4.78, 5) is 35.6. The molecule has 0 atom stereocenters. The molecule has 1 aliphatic rings. The Bertz CT molecular complexity index is 1140. The van der Waals surface area contributed by atoms with E-state index in [4.69, 9.17) is 14.9 Å². The molecule has 32 heavy (non-hydrogen) atoms. The third kappa shape index (κ3) is 4.83. The molecule has 1 amide bonds. The maximum absolute atomic E-state index is 12.7. The summed E-state index contributed by atoms with van der Waals surface area (Å²) in [5.41, 5.74) is 2.97. The lowest BCUT2D eigenvalue weighted by molar-refractivity contribution is -0.131. The van der Waals surface area contributed by atoms with Crippen LogP contribution in [-0.2, 0) is 29.0 Å². The smallest absolute Gasteiger partial charge is 0.290 e. The van der Waals surface area contributed by atoms with E-state index in [1.807, 2.05) is 64.2 Å². The standard InChI is InChI=1S/C22H22N6O.CH2O2/c29-21(11-10-19-23-17-8-4-5-9-18(17)24-19)27-13-12-20-25-22(26-28(20)15-14-27)16-6-2-1-3-7-16;2-1-3/h1-9H,10-15H2,(H,23,24);1H,(H,2,3). The number of rotatable bonds is 4. The first-order valence-electron chi connectivity index (χ1n) is 10.5. The highest BCUT2D eigenvalue weighted by Crippen LogP contribution is 2.17. The fourth-order valence-corrected chi connectivity index (χ4v) is 3.77. The first-order chi connectivity index (χ1) is 15.7. The molecule has 0 spiro atoms. The van der Waals surface area contributed by atoms with Crippen LogP contribution in [0.25, 0.3) is 22.4 Å². The molecule has 2 N–H and O–H groups in total. The van der Waals surface area contributed by atoms with E-state index in [2.05, 4.69) is 15.1 Å². The number of hydrogen-bond acceptors (Lipinski definition) is 5. The van der Waals surface area contributed by atoms with Crippen LogP contribution < -0.4 is 0 Å². The summed E-state index contributed by atoms with van der Waals surface area (Å²) in [6, 6.07) is 17.9. The van der Waals surface area contributed by atoms with Gasteiger partial charge in [0, 0.05) is 37.9 Å². The summed E-state index contributed by atoms with van der Waals surface area (Å²) < 4.78 is 1.94. The Morgan fingerprint density at radius 3 is 2.56 bits per heavy atom. The maximum Gasteiger partial charge on any atom is 0.290 e. The van der Waals surface area contributed by atoms with E-state index in [0.29, 0.717) is 32.5 Å². The number of fused-ring (bicyclic) bond motifs is 2. The first kappa shape index (κ1) is 21.2. The molecule has 0 saturated heterocycles. The normalized spacial score (nSPS) is 13.1. The van der Waals surface area contributed by atoms with Crippen LogP contribution in [0.4, 0.5) is 0 Å². The SMILES string of the molecule is O=C(CCc1nc2ccccc2[nH]1)N1CCc2nc(-c3ccccc3)nn2CC1.O=CO. The molecule has 9 heteroatoms. The number of carbonyl (C=O) groups is 2. The van der Waals surface area contributed by atoms with Crippen molar-refractivity contribution in [1.82, 2.24) is 29.6 Å². The molecule has 0 unspecified atom stereocenters. The highest BCUT2D eigenvalue weighted by atomic mass is 16.3. The number of H-pyrrole nitrogens is 1. The molecule has 0 aliphatic carbocycles. The van der Waals surface area contributed by atoms with Crippen molar-refractivity contribution in [2.45, 2.75) is 25.8 Å². The topological polar surface area (TPSA) is 117 Å². The number of carbonyl (C=O) groups excluding carboxylic acids is 1. The lowest BCUT2D eigenvalue weighted by atomic mass is 10.2. The van der Waals surface area contributed by atoms with Gasteiger partial charge in [0.25, 0.3) is 6.47 Å². The van der Waals surface area contributed by atoms with Crippen LogP contribution in [-0.4, -0.2) is 60.2 Å². The van der Waals surface area contributed by atoms with Crippen LogP contribution in [0.3, 0.4) is 0 Å². The Morgan fingerprint density at radius 2 is 1.78 bits per heavy atom. The molecule has 164 valence electrons. The minimum absolute atomic E-state index is 0.152. The van der Waals surface area contributed by atoms with Crippen LogP contribution in [0, 0.1) is 0 Å². The molecular formula is C23H24N6O3. The molecule has 3 heterocycles. The fourth-order valence-electron chi connectivity index (χ4n) is 3.77. The summed E-state index contributed by atoms with van der Waals surface area (Å²) in [5.74, 6) is 2.71. The molecule has 9 nitrogen and oxygen atoms in total. The molecule has 2 aromatic carbocycles. The van der Waals surface area contributed by atoms with E-state index in [1.54, 1.807) is 0 Å². The van der Waals surface area contributed by atoms with Crippen molar-refractivity contribution >= 4 is 23.4 Å². The second kappa shape index (κ2) is 9.86. The summed E-state index contributed by atoms with van der Waals surface area (Å²) >= 11 is 0. The van der Waals surface area contributed by atoms with Crippen molar-refractivity contribution in [1.29, 1.82) is 0 Å². The zero-order valence-corrected chi connectivity index (χ0v) is 17.5. The number of aryl methyl sites for hydroxylation is 1. The minimum atomic E-state index is -0.250. The zero-order valence-electron chi connectivity index (χ0n) is 17.5. The van der Waals surface area contributed by atoms with E-state index >= 15 is 0 Å². The quantitative estimate of drug-likeness (QED) is 0.479. The van der Waals surface area contributed by atoms with Gasteiger partial charge in [0.1, 0.15) is 11.6 Å².